The average Bonchev–Trinajstić information content (AvgIpc) is 3.50. The zero-order valence-corrected chi connectivity index (χ0v) is 23.9. The summed E-state index contributed by atoms with van der Waals surface area (Å²) in [5, 5.41) is 34.7. The molecule has 0 saturated heterocycles. The molecule has 0 spiro atoms. The van der Waals surface area contributed by atoms with E-state index >= 15 is 0 Å². The number of hydrogen-bond donors (Lipinski definition) is 3. The number of rotatable bonds is 4. The van der Waals surface area contributed by atoms with E-state index in [1.165, 1.54) is 12.7 Å². The van der Waals surface area contributed by atoms with Crippen LogP contribution >= 0.6 is 0 Å². The lowest BCUT2D eigenvalue weighted by atomic mass is 9.66. The molecule has 2 heterocycles. The molecule has 4 aromatic rings. The molecule has 0 amide bonds. The van der Waals surface area contributed by atoms with Crippen molar-refractivity contribution in [2.45, 2.75) is 36.9 Å². The van der Waals surface area contributed by atoms with Crippen LogP contribution in [-0.2, 0) is 12.8 Å². The SMILES string of the molecule is COc1cc(C2Oc3cc(OC)c4c(c3CC2O)CC2c3c-4ccc(O)c3C=CC2c2ccc3c(c2)=CCN=3)ccc1O. The van der Waals surface area contributed by atoms with Crippen molar-refractivity contribution in [3.05, 3.63) is 105 Å². The number of nitrogens with zero attached hydrogens (tertiary/aromatic N) is 1. The second kappa shape index (κ2) is 9.64. The van der Waals surface area contributed by atoms with E-state index in [1.54, 1.807) is 31.4 Å². The van der Waals surface area contributed by atoms with Gasteiger partial charge >= 0.3 is 0 Å². The average molecular weight is 574 g/mol. The van der Waals surface area contributed by atoms with Crippen molar-refractivity contribution in [2.24, 2.45) is 4.99 Å². The molecule has 0 saturated carbocycles. The monoisotopic (exact) mass is 573 g/mol. The maximum absolute atomic E-state index is 11.4. The molecule has 4 aromatic carbocycles. The van der Waals surface area contributed by atoms with Gasteiger partial charge in [-0.1, -0.05) is 36.4 Å². The molecule has 2 aliphatic heterocycles. The molecular formula is C36H31NO6. The summed E-state index contributed by atoms with van der Waals surface area (Å²) in [5.74, 6) is 2.16. The second-order valence-electron chi connectivity index (χ2n) is 11.7. The fraction of sp³-hybridized carbons (Fsp3) is 0.250. The number of benzene rings is 4. The summed E-state index contributed by atoms with van der Waals surface area (Å²) in [6.45, 7) is 0.711. The predicted molar refractivity (Wildman–Crippen MR) is 163 cm³/mol. The summed E-state index contributed by atoms with van der Waals surface area (Å²) in [4.78, 5) is 4.57. The van der Waals surface area contributed by atoms with Gasteiger partial charge in [0.05, 0.1) is 32.2 Å². The van der Waals surface area contributed by atoms with E-state index in [0.717, 1.165) is 44.0 Å². The van der Waals surface area contributed by atoms with Gasteiger partial charge in [0.25, 0.3) is 0 Å². The first kappa shape index (κ1) is 25.9. The summed E-state index contributed by atoms with van der Waals surface area (Å²) in [7, 11) is 3.16. The standard InChI is InChI=1S/C36H31NO6/c1-41-32-14-20(4-9-29(32)39)36-30(40)16-24-26-15-25-21(18-3-8-27-19(13-18)11-12-37-27)5-6-22-28(38)10-7-23(34(22)25)35(26)33(42-2)17-31(24)43-36/h3-11,13-14,17,21,25,30,36,38-40H,12,15-16H2,1-2H3. The molecule has 4 aliphatic rings. The maximum atomic E-state index is 11.4. The van der Waals surface area contributed by atoms with Crippen molar-refractivity contribution in [2.75, 3.05) is 20.8 Å². The van der Waals surface area contributed by atoms with Gasteiger partial charge in [-0.2, -0.15) is 0 Å². The van der Waals surface area contributed by atoms with Gasteiger partial charge in [-0.05, 0) is 75.7 Å². The fourth-order valence-electron chi connectivity index (χ4n) is 7.48. The molecule has 0 radical (unpaired) electrons. The first-order valence-electron chi connectivity index (χ1n) is 14.6. The van der Waals surface area contributed by atoms with Gasteiger partial charge in [-0.3, -0.25) is 4.99 Å². The van der Waals surface area contributed by atoms with Gasteiger partial charge < -0.3 is 29.5 Å². The molecule has 7 nitrogen and oxygen atoms in total. The molecule has 0 aromatic heterocycles. The quantitative estimate of drug-likeness (QED) is 0.328. The van der Waals surface area contributed by atoms with Crippen LogP contribution in [0.1, 0.15) is 51.3 Å². The van der Waals surface area contributed by atoms with Crippen LogP contribution in [0.5, 0.6) is 28.7 Å². The van der Waals surface area contributed by atoms with Crippen molar-refractivity contribution in [1.29, 1.82) is 0 Å². The number of phenols is 2. The van der Waals surface area contributed by atoms with Crippen LogP contribution < -0.4 is 24.8 Å². The molecule has 4 atom stereocenters. The number of aromatic hydroxyl groups is 2. The fourth-order valence-corrected chi connectivity index (χ4v) is 7.48. The molecule has 3 N–H and O–H groups in total. The summed E-state index contributed by atoms with van der Waals surface area (Å²) in [6.07, 6.45) is 6.08. The Balaban J connectivity index is 1.28. The second-order valence-corrected chi connectivity index (χ2v) is 11.7. The van der Waals surface area contributed by atoms with Crippen LogP contribution in [0.15, 0.2) is 65.7 Å². The van der Waals surface area contributed by atoms with Crippen LogP contribution in [0.25, 0.3) is 23.3 Å². The van der Waals surface area contributed by atoms with Crippen LogP contribution in [0.4, 0.5) is 0 Å². The highest BCUT2D eigenvalue weighted by atomic mass is 16.5. The van der Waals surface area contributed by atoms with Crippen molar-refractivity contribution in [1.82, 2.24) is 0 Å². The normalized spacial score (nSPS) is 22.2. The van der Waals surface area contributed by atoms with E-state index in [4.69, 9.17) is 14.2 Å². The molecule has 0 fully saturated rings. The third kappa shape index (κ3) is 3.88. The van der Waals surface area contributed by atoms with Gasteiger partial charge in [0, 0.05) is 35.1 Å². The topological polar surface area (TPSA) is 101 Å². The number of ether oxygens (including phenoxy) is 3. The van der Waals surface area contributed by atoms with Gasteiger partial charge in [0.15, 0.2) is 11.5 Å². The van der Waals surface area contributed by atoms with Crippen LogP contribution in [-0.4, -0.2) is 42.2 Å². The Kier molecular flexibility index (Phi) is 5.81. The number of phenolic OH excluding ortho intramolecular Hbond substituents is 2. The smallest absolute Gasteiger partial charge is 0.160 e. The van der Waals surface area contributed by atoms with Crippen LogP contribution in [0.3, 0.4) is 0 Å². The largest absolute Gasteiger partial charge is 0.507 e. The lowest BCUT2D eigenvalue weighted by Crippen LogP contribution is -2.32. The Bertz CT molecular complexity index is 1980. The molecule has 8 rings (SSSR count). The minimum absolute atomic E-state index is 0.0310. The van der Waals surface area contributed by atoms with Crippen molar-refractivity contribution < 1.29 is 29.5 Å². The molecule has 7 heteroatoms. The minimum Gasteiger partial charge on any atom is -0.507 e. The first-order chi connectivity index (χ1) is 20.9. The Labute approximate surface area is 248 Å². The number of allylic oxidation sites excluding steroid dienone is 1. The van der Waals surface area contributed by atoms with E-state index in [1.807, 2.05) is 12.1 Å². The van der Waals surface area contributed by atoms with E-state index < -0.39 is 12.2 Å². The van der Waals surface area contributed by atoms with E-state index in [-0.39, 0.29) is 23.3 Å². The molecular weight excluding hydrogens is 542 g/mol. The van der Waals surface area contributed by atoms with Gasteiger partial charge in [0.2, 0.25) is 0 Å². The van der Waals surface area contributed by atoms with Crippen molar-refractivity contribution in [3.8, 4) is 39.9 Å². The Hall–Kier alpha value is -4.75. The van der Waals surface area contributed by atoms with Gasteiger partial charge in [-0.15, -0.1) is 0 Å². The van der Waals surface area contributed by atoms with Gasteiger partial charge in [0.1, 0.15) is 23.4 Å². The Morgan fingerprint density at radius 1 is 0.860 bits per heavy atom. The van der Waals surface area contributed by atoms with E-state index in [9.17, 15) is 15.3 Å². The summed E-state index contributed by atoms with van der Waals surface area (Å²) in [6, 6.07) is 17.2. The number of methoxy groups -OCH3 is 2. The van der Waals surface area contributed by atoms with Gasteiger partial charge in [-0.25, -0.2) is 0 Å². The zero-order valence-electron chi connectivity index (χ0n) is 23.9. The highest BCUT2D eigenvalue weighted by Crippen LogP contribution is 2.57. The molecule has 0 bridgehead atoms. The Morgan fingerprint density at radius 3 is 2.51 bits per heavy atom. The molecule has 216 valence electrons. The number of hydrogen-bond acceptors (Lipinski definition) is 7. The molecule has 4 unspecified atom stereocenters. The third-order valence-electron chi connectivity index (χ3n) is 9.48. The highest BCUT2D eigenvalue weighted by Gasteiger charge is 2.41. The van der Waals surface area contributed by atoms with Crippen LogP contribution in [0, 0.1) is 0 Å². The summed E-state index contributed by atoms with van der Waals surface area (Å²) in [5.41, 5.74) is 8.01. The molecule has 2 aliphatic carbocycles. The first-order valence-corrected chi connectivity index (χ1v) is 14.6. The highest BCUT2D eigenvalue weighted by molar-refractivity contribution is 5.87. The van der Waals surface area contributed by atoms with Crippen LogP contribution in [0.2, 0.25) is 0 Å². The number of aliphatic hydroxyl groups is 1. The summed E-state index contributed by atoms with van der Waals surface area (Å²) >= 11 is 0. The number of fused-ring (bicyclic) bond motifs is 5. The predicted octanol–water partition coefficient (Wildman–Crippen LogP) is 4.68. The summed E-state index contributed by atoms with van der Waals surface area (Å²) < 4.78 is 17.8. The minimum atomic E-state index is -0.811. The van der Waals surface area contributed by atoms with E-state index in [0.29, 0.717) is 42.2 Å². The maximum Gasteiger partial charge on any atom is 0.160 e. The number of aliphatic hydroxyl groups excluding tert-OH is 1. The Morgan fingerprint density at radius 2 is 1.67 bits per heavy atom. The van der Waals surface area contributed by atoms with Crippen molar-refractivity contribution in [3.63, 3.8) is 0 Å². The van der Waals surface area contributed by atoms with E-state index in [2.05, 4.69) is 41.4 Å². The third-order valence-corrected chi connectivity index (χ3v) is 9.48. The zero-order chi connectivity index (χ0) is 29.4. The lowest BCUT2D eigenvalue weighted by molar-refractivity contribution is 0.0202. The lowest BCUT2D eigenvalue weighted by Gasteiger charge is -2.40. The molecule has 43 heavy (non-hydrogen) atoms. The van der Waals surface area contributed by atoms with Crippen molar-refractivity contribution >= 4 is 12.2 Å².